The minimum absolute atomic E-state index is 0.0261. The minimum Gasteiger partial charge on any atom is -0.378 e. The Bertz CT molecular complexity index is 355. The summed E-state index contributed by atoms with van der Waals surface area (Å²) >= 11 is 0. The van der Waals surface area contributed by atoms with Gasteiger partial charge in [-0.2, -0.15) is 0 Å². The molecule has 14 heavy (non-hydrogen) atoms. The fourth-order valence-corrected chi connectivity index (χ4v) is 3.42. The summed E-state index contributed by atoms with van der Waals surface area (Å²) in [4.78, 5) is 0. The molecule has 2 nitrogen and oxygen atoms in total. The summed E-state index contributed by atoms with van der Waals surface area (Å²) in [5, 5.41) is 0. The van der Waals surface area contributed by atoms with Crippen molar-refractivity contribution >= 4 is 0 Å². The first-order valence-corrected chi connectivity index (χ1v) is 5.55. The van der Waals surface area contributed by atoms with Gasteiger partial charge in [0.1, 0.15) is 5.60 Å². The van der Waals surface area contributed by atoms with Crippen molar-refractivity contribution in [3.05, 3.63) is 23.3 Å². The van der Waals surface area contributed by atoms with Crippen LogP contribution in [0.4, 0.5) is 0 Å². The monoisotopic (exact) mass is 190 g/mol. The maximum absolute atomic E-state index is 6.15. The average Bonchev–Trinajstić information content (AvgIpc) is 2.78. The Labute approximate surface area is 83.6 Å². The van der Waals surface area contributed by atoms with E-state index in [2.05, 4.69) is 12.2 Å². The van der Waals surface area contributed by atoms with Crippen molar-refractivity contribution in [1.29, 1.82) is 0 Å². The molecule has 3 aliphatic heterocycles. The zero-order valence-electron chi connectivity index (χ0n) is 8.16. The molecular weight excluding hydrogens is 176 g/mol. The van der Waals surface area contributed by atoms with Crippen LogP contribution in [0.3, 0.4) is 0 Å². The molecule has 2 bridgehead atoms. The third-order valence-corrected chi connectivity index (χ3v) is 4.11. The molecule has 0 radical (unpaired) electrons. The lowest BCUT2D eigenvalue weighted by molar-refractivity contribution is -0.0206. The van der Waals surface area contributed by atoms with Crippen LogP contribution in [0.5, 0.6) is 0 Å². The van der Waals surface area contributed by atoms with Crippen LogP contribution >= 0.6 is 0 Å². The summed E-state index contributed by atoms with van der Waals surface area (Å²) < 4.78 is 11.7. The summed E-state index contributed by atoms with van der Waals surface area (Å²) in [5.41, 5.74) is 3.01. The van der Waals surface area contributed by atoms with Crippen LogP contribution in [-0.4, -0.2) is 24.9 Å². The van der Waals surface area contributed by atoms with Crippen LogP contribution in [0.2, 0.25) is 0 Å². The second-order valence-corrected chi connectivity index (χ2v) is 4.88. The number of ether oxygens (including phenoxy) is 2. The Morgan fingerprint density at radius 2 is 2.43 bits per heavy atom. The first kappa shape index (κ1) is 7.66. The van der Waals surface area contributed by atoms with E-state index in [0.29, 0.717) is 12.0 Å². The maximum atomic E-state index is 6.15. The number of fused-ring (bicyclic) bond motifs is 3. The summed E-state index contributed by atoms with van der Waals surface area (Å²) in [6.45, 7) is 1.68. The van der Waals surface area contributed by atoms with Crippen LogP contribution in [0.25, 0.3) is 0 Å². The van der Waals surface area contributed by atoms with Crippen molar-refractivity contribution in [1.82, 2.24) is 0 Å². The summed E-state index contributed by atoms with van der Waals surface area (Å²) in [7, 11) is 0. The van der Waals surface area contributed by atoms with Gasteiger partial charge in [-0.1, -0.05) is 6.08 Å². The smallest absolute Gasteiger partial charge is 0.116 e. The van der Waals surface area contributed by atoms with Gasteiger partial charge in [-0.15, -0.1) is 0 Å². The average molecular weight is 190 g/mol. The molecule has 4 aliphatic rings. The molecule has 2 heteroatoms. The van der Waals surface area contributed by atoms with Gasteiger partial charge in [0, 0.05) is 5.92 Å². The lowest BCUT2D eigenvalue weighted by Gasteiger charge is -2.30. The predicted molar refractivity (Wildman–Crippen MR) is 51.9 cm³/mol. The van der Waals surface area contributed by atoms with E-state index < -0.39 is 0 Å². The highest BCUT2D eigenvalue weighted by molar-refractivity contribution is 5.45. The molecular formula is C12H14O2. The van der Waals surface area contributed by atoms with Gasteiger partial charge >= 0.3 is 0 Å². The van der Waals surface area contributed by atoms with Gasteiger partial charge in [-0.3, -0.25) is 0 Å². The van der Waals surface area contributed by atoms with Crippen LogP contribution in [-0.2, 0) is 9.47 Å². The van der Waals surface area contributed by atoms with E-state index in [9.17, 15) is 0 Å². The Balaban J connectivity index is 1.87. The van der Waals surface area contributed by atoms with E-state index in [-0.39, 0.29) is 5.60 Å². The van der Waals surface area contributed by atoms with Gasteiger partial charge in [-0.05, 0) is 36.5 Å². The Hall–Kier alpha value is -0.600. The highest BCUT2D eigenvalue weighted by Gasteiger charge is 2.55. The van der Waals surface area contributed by atoms with E-state index in [1.807, 2.05) is 0 Å². The molecule has 0 aromatic heterocycles. The van der Waals surface area contributed by atoms with Gasteiger partial charge in [0.25, 0.3) is 0 Å². The zero-order valence-corrected chi connectivity index (χ0v) is 8.16. The lowest BCUT2D eigenvalue weighted by Crippen LogP contribution is -2.36. The standard InChI is InChI=1S/C12H14O2/c1-2-8-5-12-7-13-6-9(12)4-11(14-12)10(8)3-1/h3,5,9,11H,1-2,4,6-7H2. The summed E-state index contributed by atoms with van der Waals surface area (Å²) in [6, 6.07) is 0. The van der Waals surface area contributed by atoms with Crippen LogP contribution < -0.4 is 0 Å². The molecule has 0 amide bonds. The zero-order chi connectivity index (χ0) is 9.17. The van der Waals surface area contributed by atoms with E-state index in [1.54, 1.807) is 5.57 Å². The molecule has 3 heterocycles. The number of hydrogen-bond acceptors (Lipinski definition) is 2. The molecule has 2 saturated heterocycles. The fourth-order valence-electron chi connectivity index (χ4n) is 3.42. The molecule has 1 spiro atoms. The van der Waals surface area contributed by atoms with E-state index in [0.717, 1.165) is 13.2 Å². The number of rotatable bonds is 0. The number of allylic oxidation sites excluding steroid dienone is 1. The summed E-state index contributed by atoms with van der Waals surface area (Å²) in [5.74, 6) is 0.617. The highest BCUT2D eigenvalue weighted by atomic mass is 16.6. The Morgan fingerprint density at radius 1 is 1.43 bits per heavy atom. The molecule has 4 rings (SSSR count). The maximum Gasteiger partial charge on any atom is 0.116 e. The van der Waals surface area contributed by atoms with Crippen LogP contribution in [0.15, 0.2) is 23.3 Å². The van der Waals surface area contributed by atoms with E-state index in [1.165, 1.54) is 24.8 Å². The van der Waals surface area contributed by atoms with Crippen molar-refractivity contribution in [2.45, 2.75) is 31.0 Å². The fraction of sp³-hybridized carbons (Fsp3) is 0.667. The molecule has 74 valence electrons. The molecule has 0 aromatic carbocycles. The molecule has 0 aromatic rings. The number of hydrogen-bond donors (Lipinski definition) is 0. The molecule has 3 atom stereocenters. The predicted octanol–water partition coefficient (Wildman–Crippen LogP) is 1.82. The molecule has 2 fully saturated rings. The third-order valence-electron chi connectivity index (χ3n) is 4.11. The van der Waals surface area contributed by atoms with Gasteiger partial charge in [-0.25, -0.2) is 0 Å². The van der Waals surface area contributed by atoms with Crippen LogP contribution in [0, 0.1) is 5.92 Å². The largest absolute Gasteiger partial charge is 0.378 e. The molecule has 0 saturated carbocycles. The second kappa shape index (κ2) is 2.31. The Kier molecular flexibility index (Phi) is 1.27. The molecule has 0 N–H and O–H groups in total. The lowest BCUT2D eigenvalue weighted by atomic mass is 9.90. The highest BCUT2D eigenvalue weighted by Crippen LogP contribution is 2.51. The van der Waals surface area contributed by atoms with Crippen LogP contribution in [0.1, 0.15) is 19.3 Å². The topological polar surface area (TPSA) is 18.5 Å². The van der Waals surface area contributed by atoms with Crippen molar-refractivity contribution in [2.75, 3.05) is 13.2 Å². The van der Waals surface area contributed by atoms with E-state index in [4.69, 9.17) is 9.47 Å². The second-order valence-electron chi connectivity index (χ2n) is 4.88. The van der Waals surface area contributed by atoms with Gasteiger partial charge in [0.05, 0.1) is 19.3 Å². The van der Waals surface area contributed by atoms with Crippen molar-refractivity contribution < 1.29 is 9.47 Å². The first-order chi connectivity index (χ1) is 6.87. The van der Waals surface area contributed by atoms with Crippen molar-refractivity contribution in [2.24, 2.45) is 5.92 Å². The van der Waals surface area contributed by atoms with Gasteiger partial charge < -0.3 is 9.47 Å². The Morgan fingerprint density at radius 3 is 3.43 bits per heavy atom. The first-order valence-electron chi connectivity index (χ1n) is 5.55. The SMILES string of the molecule is C1=C2CCC=C2C2CC3COCC13O2. The quantitative estimate of drug-likeness (QED) is 0.580. The van der Waals surface area contributed by atoms with Gasteiger partial charge in [0.2, 0.25) is 0 Å². The van der Waals surface area contributed by atoms with Crippen molar-refractivity contribution in [3.8, 4) is 0 Å². The third kappa shape index (κ3) is 0.755. The minimum atomic E-state index is -0.0261. The van der Waals surface area contributed by atoms with E-state index >= 15 is 0 Å². The summed E-state index contributed by atoms with van der Waals surface area (Å²) in [6.07, 6.45) is 8.74. The van der Waals surface area contributed by atoms with Gasteiger partial charge in [0.15, 0.2) is 0 Å². The molecule has 3 unspecified atom stereocenters. The van der Waals surface area contributed by atoms with Crippen molar-refractivity contribution in [3.63, 3.8) is 0 Å². The molecule has 1 aliphatic carbocycles. The normalized spacial score (nSPS) is 48.6.